The number of aromatic nitrogens is 6. The van der Waals surface area contributed by atoms with Crippen LogP contribution in [0.15, 0.2) is 51.1 Å². The second kappa shape index (κ2) is 6.92. The molecule has 9 nitrogen and oxygen atoms in total. The molecular formula is C16H14N6O3S. The highest BCUT2D eigenvalue weighted by atomic mass is 32.1. The van der Waals surface area contributed by atoms with Gasteiger partial charge in [-0.15, -0.1) is 11.3 Å². The van der Waals surface area contributed by atoms with E-state index in [-0.39, 0.29) is 18.1 Å². The van der Waals surface area contributed by atoms with Crippen molar-refractivity contribution in [2.75, 3.05) is 6.61 Å². The first kappa shape index (κ1) is 16.2. The van der Waals surface area contributed by atoms with Crippen LogP contribution in [-0.2, 0) is 6.54 Å². The molecule has 26 heavy (non-hydrogen) atoms. The molecule has 0 saturated carbocycles. The van der Waals surface area contributed by atoms with E-state index in [1.165, 1.54) is 20.7 Å². The summed E-state index contributed by atoms with van der Waals surface area (Å²) in [7, 11) is 0. The van der Waals surface area contributed by atoms with E-state index in [0.717, 1.165) is 5.56 Å². The first-order valence-corrected chi connectivity index (χ1v) is 8.75. The number of benzene rings is 1. The molecule has 4 rings (SSSR count). The average Bonchev–Trinajstić information content (AvgIpc) is 3.39. The number of rotatable bonds is 6. The van der Waals surface area contributed by atoms with Gasteiger partial charge in [-0.05, 0) is 47.0 Å². The zero-order chi connectivity index (χ0) is 17.9. The number of tetrazole rings is 1. The van der Waals surface area contributed by atoms with Crippen molar-refractivity contribution < 1.29 is 9.26 Å². The topological polar surface area (TPSA) is 101 Å². The van der Waals surface area contributed by atoms with Gasteiger partial charge in [0.25, 0.3) is 0 Å². The summed E-state index contributed by atoms with van der Waals surface area (Å²) in [6.45, 7) is 2.47. The van der Waals surface area contributed by atoms with Gasteiger partial charge in [-0.3, -0.25) is 0 Å². The molecule has 1 aromatic carbocycles. The van der Waals surface area contributed by atoms with Crippen LogP contribution < -0.4 is 10.4 Å². The number of hydrogen-bond acceptors (Lipinski definition) is 8. The van der Waals surface area contributed by atoms with Crippen molar-refractivity contribution in [3.05, 3.63) is 58.2 Å². The van der Waals surface area contributed by atoms with E-state index >= 15 is 0 Å². The number of nitrogens with zero attached hydrogens (tertiary/aromatic N) is 6. The Morgan fingerprint density at radius 3 is 2.88 bits per heavy atom. The Labute approximate surface area is 151 Å². The van der Waals surface area contributed by atoms with Crippen molar-refractivity contribution in [3.8, 4) is 22.1 Å². The normalized spacial score (nSPS) is 11.0. The van der Waals surface area contributed by atoms with E-state index in [4.69, 9.17) is 9.26 Å². The van der Waals surface area contributed by atoms with Crippen LogP contribution in [0.25, 0.3) is 16.4 Å². The first-order chi connectivity index (χ1) is 12.8. The van der Waals surface area contributed by atoms with Crippen LogP contribution in [-0.4, -0.2) is 36.5 Å². The summed E-state index contributed by atoms with van der Waals surface area (Å²) in [6.07, 6.45) is 0. The summed E-state index contributed by atoms with van der Waals surface area (Å²) >= 11 is 1.40. The minimum Gasteiger partial charge on any atom is -0.493 e. The largest absolute Gasteiger partial charge is 0.493 e. The zero-order valence-corrected chi connectivity index (χ0v) is 14.6. The smallest absolute Gasteiger partial charge is 0.369 e. The molecule has 0 aliphatic carbocycles. The molecule has 0 N–H and O–H groups in total. The summed E-state index contributed by atoms with van der Waals surface area (Å²) in [6, 6.07) is 11.1. The van der Waals surface area contributed by atoms with Gasteiger partial charge in [-0.1, -0.05) is 17.3 Å². The Morgan fingerprint density at radius 1 is 1.19 bits per heavy atom. The molecule has 0 radical (unpaired) electrons. The third-order valence-corrected chi connectivity index (χ3v) is 4.38. The van der Waals surface area contributed by atoms with Crippen molar-refractivity contribution in [3.63, 3.8) is 0 Å². The van der Waals surface area contributed by atoms with Gasteiger partial charge in [0.15, 0.2) is 0 Å². The summed E-state index contributed by atoms with van der Waals surface area (Å²) in [5.41, 5.74) is 0.348. The summed E-state index contributed by atoms with van der Waals surface area (Å²) in [5, 5.41) is 14.3. The van der Waals surface area contributed by atoms with Gasteiger partial charge in [0.1, 0.15) is 17.3 Å². The van der Waals surface area contributed by atoms with Gasteiger partial charge < -0.3 is 9.26 Å². The Bertz CT molecular complexity index is 1070. The molecule has 0 amide bonds. The molecule has 0 unspecified atom stereocenters. The lowest BCUT2D eigenvalue weighted by Crippen LogP contribution is -2.24. The van der Waals surface area contributed by atoms with Crippen LogP contribution in [0.5, 0.6) is 5.75 Å². The standard InChI is InChI=1S/C16H14N6O3S/c1-2-24-12-7-4-3-6-11(12)15-17-13(25-18-15)10-21-16(23)22(20-19-21)14-8-5-9-26-14/h3-9H,2,10H2,1H3. The minimum atomic E-state index is -0.373. The second-order valence-electron chi connectivity index (χ2n) is 5.22. The Balaban J connectivity index is 1.60. The second-order valence-corrected chi connectivity index (χ2v) is 6.15. The molecule has 4 aromatic rings. The molecule has 132 valence electrons. The summed E-state index contributed by atoms with van der Waals surface area (Å²) in [4.78, 5) is 16.7. The van der Waals surface area contributed by atoms with Gasteiger partial charge >= 0.3 is 5.69 Å². The van der Waals surface area contributed by atoms with E-state index in [2.05, 4.69) is 20.6 Å². The molecular weight excluding hydrogens is 356 g/mol. The Hall–Kier alpha value is -3.27. The number of hydrogen-bond donors (Lipinski definition) is 0. The number of ether oxygens (including phenoxy) is 1. The maximum absolute atomic E-state index is 12.4. The molecule has 0 saturated heterocycles. The first-order valence-electron chi connectivity index (χ1n) is 7.87. The lowest BCUT2D eigenvalue weighted by molar-refractivity contribution is 0.340. The van der Waals surface area contributed by atoms with Crippen LogP contribution in [0.2, 0.25) is 0 Å². The van der Waals surface area contributed by atoms with Gasteiger partial charge in [0.2, 0.25) is 11.7 Å². The molecule has 10 heteroatoms. The zero-order valence-electron chi connectivity index (χ0n) is 13.8. The molecule has 0 aliphatic rings. The molecule has 0 aliphatic heterocycles. The highest BCUT2D eigenvalue weighted by Crippen LogP contribution is 2.27. The average molecular weight is 370 g/mol. The highest BCUT2D eigenvalue weighted by molar-refractivity contribution is 7.12. The van der Waals surface area contributed by atoms with Crippen LogP contribution in [0, 0.1) is 0 Å². The van der Waals surface area contributed by atoms with Crippen LogP contribution in [0.3, 0.4) is 0 Å². The lowest BCUT2D eigenvalue weighted by Gasteiger charge is -2.05. The van der Waals surface area contributed by atoms with Crippen molar-refractivity contribution in [2.24, 2.45) is 0 Å². The third-order valence-electron chi connectivity index (χ3n) is 3.54. The SMILES string of the molecule is CCOc1ccccc1-c1noc(Cn2nnn(-c3cccs3)c2=O)n1. The van der Waals surface area contributed by atoms with Crippen LogP contribution in [0.4, 0.5) is 0 Å². The molecule has 0 fully saturated rings. The van der Waals surface area contributed by atoms with E-state index in [1.54, 1.807) is 6.07 Å². The van der Waals surface area contributed by atoms with Crippen LogP contribution in [0.1, 0.15) is 12.8 Å². The molecule has 0 spiro atoms. The number of para-hydroxylation sites is 1. The van der Waals surface area contributed by atoms with Crippen molar-refractivity contribution in [2.45, 2.75) is 13.5 Å². The molecule has 0 bridgehead atoms. The van der Waals surface area contributed by atoms with Gasteiger partial charge in [-0.2, -0.15) is 14.3 Å². The minimum absolute atomic E-state index is 0.0357. The highest BCUT2D eigenvalue weighted by Gasteiger charge is 2.16. The molecule has 3 aromatic heterocycles. The summed E-state index contributed by atoms with van der Waals surface area (Å²) in [5.74, 6) is 1.32. The third kappa shape index (κ3) is 3.02. The van der Waals surface area contributed by atoms with Crippen molar-refractivity contribution in [1.29, 1.82) is 0 Å². The molecule has 3 heterocycles. The predicted molar refractivity (Wildman–Crippen MR) is 93.5 cm³/mol. The molecule has 0 atom stereocenters. The number of thiophene rings is 1. The van der Waals surface area contributed by atoms with E-state index < -0.39 is 0 Å². The Morgan fingerprint density at radius 2 is 2.08 bits per heavy atom. The maximum atomic E-state index is 12.4. The fourth-order valence-corrected chi connectivity index (χ4v) is 3.06. The summed E-state index contributed by atoms with van der Waals surface area (Å²) < 4.78 is 13.2. The fraction of sp³-hybridized carbons (Fsp3) is 0.188. The lowest BCUT2D eigenvalue weighted by atomic mass is 10.2. The van der Waals surface area contributed by atoms with E-state index in [1.807, 2.05) is 42.6 Å². The van der Waals surface area contributed by atoms with E-state index in [9.17, 15) is 4.79 Å². The monoisotopic (exact) mass is 370 g/mol. The van der Waals surface area contributed by atoms with Gasteiger partial charge in [0.05, 0.1) is 12.2 Å². The fourth-order valence-electron chi connectivity index (χ4n) is 2.39. The maximum Gasteiger partial charge on any atom is 0.369 e. The van der Waals surface area contributed by atoms with E-state index in [0.29, 0.717) is 23.2 Å². The van der Waals surface area contributed by atoms with Crippen molar-refractivity contribution in [1.82, 2.24) is 29.9 Å². The Kier molecular flexibility index (Phi) is 4.32. The van der Waals surface area contributed by atoms with Gasteiger partial charge in [0, 0.05) is 0 Å². The van der Waals surface area contributed by atoms with Crippen LogP contribution >= 0.6 is 11.3 Å². The van der Waals surface area contributed by atoms with Gasteiger partial charge in [-0.25, -0.2) is 4.79 Å². The quantitative estimate of drug-likeness (QED) is 0.511. The predicted octanol–water partition coefficient (Wildman–Crippen LogP) is 1.99. The van der Waals surface area contributed by atoms with Crippen molar-refractivity contribution >= 4 is 11.3 Å².